The maximum absolute atomic E-state index is 12.8. The molecule has 0 aliphatic carbocycles. The average Bonchev–Trinajstić information content (AvgIpc) is 2.74. The number of carbonyl (C=O) groups is 2. The Morgan fingerprint density at radius 2 is 1.63 bits per heavy atom. The second-order valence-electron chi connectivity index (χ2n) is 7.25. The first-order chi connectivity index (χ1) is 14.4. The highest BCUT2D eigenvalue weighted by molar-refractivity contribution is 6.04. The van der Waals surface area contributed by atoms with Crippen molar-refractivity contribution in [2.45, 2.75) is 33.2 Å². The van der Waals surface area contributed by atoms with Crippen molar-refractivity contribution in [2.75, 3.05) is 5.32 Å². The molecule has 6 nitrogen and oxygen atoms in total. The summed E-state index contributed by atoms with van der Waals surface area (Å²) in [7, 11) is 0. The SMILES string of the molecule is CC[C@H](C)NC(=O)c1cccn(-c2ccc(NC(=O)c3ccc(C)cc3)cc2)c1=O. The van der Waals surface area contributed by atoms with Crippen LogP contribution < -0.4 is 16.2 Å². The molecule has 1 aromatic heterocycles. The van der Waals surface area contributed by atoms with Crippen LogP contribution in [0.2, 0.25) is 0 Å². The number of nitrogens with one attached hydrogen (secondary N) is 2. The molecule has 0 spiro atoms. The fourth-order valence-corrected chi connectivity index (χ4v) is 2.89. The first-order valence-electron chi connectivity index (χ1n) is 9.90. The zero-order chi connectivity index (χ0) is 21.7. The lowest BCUT2D eigenvalue weighted by Gasteiger charge is -2.13. The van der Waals surface area contributed by atoms with Crippen molar-refractivity contribution >= 4 is 17.5 Å². The summed E-state index contributed by atoms with van der Waals surface area (Å²) in [5.74, 6) is -0.589. The Labute approximate surface area is 175 Å². The van der Waals surface area contributed by atoms with E-state index in [-0.39, 0.29) is 23.4 Å². The number of anilines is 1. The lowest BCUT2D eigenvalue weighted by molar-refractivity contribution is 0.0936. The molecular formula is C24H25N3O3. The minimum absolute atomic E-state index is 0.0121. The minimum atomic E-state index is -0.394. The molecule has 1 heterocycles. The van der Waals surface area contributed by atoms with Crippen molar-refractivity contribution in [3.63, 3.8) is 0 Å². The van der Waals surface area contributed by atoms with Gasteiger partial charge in [-0.15, -0.1) is 0 Å². The highest BCUT2D eigenvalue weighted by Crippen LogP contribution is 2.14. The molecule has 0 saturated heterocycles. The molecule has 2 aromatic carbocycles. The third-order valence-corrected chi connectivity index (χ3v) is 4.90. The van der Waals surface area contributed by atoms with Crippen LogP contribution in [0.3, 0.4) is 0 Å². The van der Waals surface area contributed by atoms with Crippen LogP contribution in [0.4, 0.5) is 5.69 Å². The van der Waals surface area contributed by atoms with E-state index in [1.807, 2.05) is 32.9 Å². The molecule has 1 atom stereocenters. The Morgan fingerprint density at radius 1 is 0.967 bits per heavy atom. The molecule has 6 heteroatoms. The number of aryl methyl sites for hydroxylation is 1. The van der Waals surface area contributed by atoms with Crippen LogP contribution in [0.1, 0.15) is 46.5 Å². The molecule has 0 aliphatic heterocycles. The fraction of sp³-hybridized carbons (Fsp3) is 0.208. The predicted molar refractivity (Wildman–Crippen MR) is 118 cm³/mol. The molecule has 0 radical (unpaired) electrons. The first-order valence-corrected chi connectivity index (χ1v) is 9.90. The van der Waals surface area contributed by atoms with Gasteiger partial charge in [0.15, 0.2) is 0 Å². The van der Waals surface area contributed by atoms with Crippen molar-refractivity contribution < 1.29 is 9.59 Å². The van der Waals surface area contributed by atoms with Crippen molar-refractivity contribution in [2.24, 2.45) is 0 Å². The van der Waals surface area contributed by atoms with E-state index in [0.717, 1.165) is 12.0 Å². The number of amides is 2. The van der Waals surface area contributed by atoms with Crippen molar-refractivity contribution in [1.82, 2.24) is 9.88 Å². The van der Waals surface area contributed by atoms with E-state index in [1.54, 1.807) is 48.7 Å². The van der Waals surface area contributed by atoms with Crippen LogP contribution in [0.25, 0.3) is 5.69 Å². The van der Waals surface area contributed by atoms with E-state index in [9.17, 15) is 14.4 Å². The van der Waals surface area contributed by atoms with Gasteiger partial charge in [0.2, 0.25) is 0 Å². The van der Waals surface area contributed by atoms with Gasteiger partial charge in [0.05, 0.1) is 0 Å². The molecule has 0 unspecified atom stereocenters. The van der Waals surface area contributed by atoms with E-state index in [4.69, 9.17) is 0 Å². The summed E-state index contributed by atoms with van der Waals surface area (Å²) in [4.78, 5) is 37.5. The van der Waals surface area contributed by atoms with E-state index >= 15 is 0 Å². The average molecular weight is 403 g/mol. The molecule has 3 aromatic rings. The molecule has 0 bridgehead atoms. The molecular weight excluding hydrogens is 378 g/mol. The van der Waals surface area contributed by atoms with E-state index in [1.165, 1.54) is 10.6 Å². The van der Waals surface area contributed by atoms with Crippen molar-refractivity contribution in [1.29, 1.82) is 0 Å². The van der Waals surface area contributed by atoms with Crippen molar-refractivity contribution in [3.05, 3.63) is 93.9 Å². The Hall–Kier alpha value is -3.67. The van der Waals surface area contributed by atoms with Crippen molar-refractivity contribution in [3.8, 4) is 5.69 Å². The van der Waals surface area contributed by atoms with E-state index in [0.29, 0.717) is 16.9 Å². The Bertz CT molecular complexity index is 1100. The summed E-state index contributed by atoms with van der Waals surface area (Å²) in [5.41, 5.74) is 2.57. The number of hydrogen-bond donors (Lipinski definition) is 2. The van der Waals surface area contributed by atoms with Gasteiger partial charge < -0.3 is 10.6 Å². The normalized spacial score (nSPS) is 11.6. The van der Waals surface area contributed by atoms with Gasteiger partial charge in [0.25, 0.3) is 17.4 Å². The Balaban J connectivity index is 1.78. The number of hydrogen-bond acceptors (Lipinski definition) is 3. The number of pyridine rings is 1. The molecule has 2 amide bonds. The number of rotatable bonds is 6. The summed E-state index contributed by atoms with van der Waals surface area (Å²) in [6.45, 7) is 5.82. The van der Waals surface area contributed by atoms with Gasteiger partial charge in [-0.1, -0.05) is 24.6 Å². The lowest BCUT2D eigenvalue weighted by Crippen LogP contribution is -2.36. The van der Waals surface area contributed by atoms with Crippen LogP contribution in [0.15, 0.2) is 71.7 Å². The highest BCUT2D eigenvalue weighted by Gasteiger charge is 2.14. The third-order valence-electron chi connectivity index (χ3n) is 4.90. The third kappa shape index (κ3) is 4.84. The molecule has 30 heavy (non-hydrogen) atoms. The summed E-state index contributed by atoms with van der Waals surface area (Å²) in [6, 6.07) is 17.4. The van der Waals surface area contributed by atoms with Crippen LogP contribution in [-0.4, -0.2) is 22.4 Å². The summed E-state index contributed by atoms with van der Waals surface area (Å²) < 4.78 is 1.41. The quantitative estimate of drug-likeness (QED) is 0.654. The first kappa shape index (κ1) is 21.0. The number of aromatic nitrogens is 1. The smallest absolute Gasteiger partial charge is 0.267 e. The van der Waals surface area contributed by atoms with Crippen LogP contribution in [0, 0.1) is 6.92 Å². The molecule has 154 valence electrons. The highest BCUT2D eigenvalue weighted by atomic mass is 16.2. The summed E-state index contributed by atoms with van der Waals surface area (Å²) in [6.07, 6.45) is 2.39. The number of carbonyl (C=O) groups excluding carboxylic acids is 2. The summed E-state index contributed by atoms with van der Waals surface area (Å²) in [5, 5.41) is 5.65. The van der Waals surface area contributed by atoms with Gasteiger partial charge in [0, 0.05) is 29.2 Å². The Kier molecular flexibility index (Phi) is 6.47. The van der Waals surface area contributed by atoms with Crippen LogP contribution in [-0.2, 0) is 0 Å². The molecule has 0 aliphatic rings. The number of benzene rings is 2. The molecule has 3 rings (SSSR count). The maximum atomic E-state index is 12.8. The second kappa shape index (κ2) is 9.22. The largest absolute Gasteiger partial charge is 0.349 e. The van der Waals surface area contributed by atoms with E-state index in [2.05, 4.69) is 10.6 Å². The fourth-order valence-electron chi connectivity index (χ4n) is 2.89. The zero-order valence-electron chi connectivity index (χ0n) is 17.3. The summed E-state index contributed by atoms with van der Waals surface area (Å²) >= 11 is 0. The van der Waals surface area contributed by atoms with Gasteiger partial charge in [-0.3, -0.25) is 19.0 Å². The Morgan fingerprint density at radius 3 is 2.27 bits per heavy atom. The predicted octanol–water partition coefficient (Wildman–Crippen LogP) is 3.93. The zero-order valence-corrected chi connectivity index (χ0v) is 17.3. The van der Waals surface area contributed by atoms with Gasteiger partial charge in [-0.2, -0.15) is 0 Å². The van der Waals surface area contributed by atoms with Crippen LogP contribution >= 0.6 is 0 Å². The second-order valence-corrected chi connectivity index (χ2v) is 7.25. The maximum Gasteiger partial charge on any atom is 0.267 e. The van der Waals surface area contributed by atoms with Gasteiger partial charge in [0.1, 0.15) is 5.56 Å². The van der Waals surface area contributed by atoms with Crippen LogP contribution in [0.5, 0.6) is 0 Å². The van der Waals surface area contributed by atoms with Gasteiger partial charge in [-0.25, -0.2) is 0 Å². The topological polar surface area (TPSA) is 80.2 Å². The molecule has 0 saturated carbocycles. The number of nitrogens with zero attached hydrogens (tertiary/aromatic N) is 1. The molecule has 2 N–H and O–H groups in total. The van der Waals surface area contributed by atoms with E-state index < -0.39 is 5.56 Å². The lowest BCUT2D eigenvalue weighted by atomic mass is 10.1. The van der Waals surface area contributed by atoms with Gasteiger partial charge in [-0.05, 0) is 68.8 Å². The monoisotopic (exact) mass is 403 g/mol. The van der Waals surface area contributed by atoms with Gasteiger partial charge >= 0.3 is 0 Å². The minimum Gasteiger partial charge on any atom is -0.349 e. The standard InChI is InChI=1S/C24H25N3O3/c1-4-17(3)25-23(29)21-6-5-15-27(24(21)30)20-13-11-19(12-14-20)26-22(28)18-9-7-16(2)8-10-18/h5-15,17H,4H2,1-3H3,(H,25,29)(H,26,28)/t17-/m0/s1. The molecule has 0 fully saturated rings.